The zero-order chi connectivity index (χ0) is 19.0. The molecule has 0 fully saturated rings. The van der Waals surface area contributed by atoms with Gasteiger partial charge in [-0.3, -0.25) is 9.28 Å². The normalized spacial score (nSPS) is 21.2. The van der Waals surface area contributed by atoms with Crippen molar-refractivity contribution in [3.05, 3.63) is 11.8 Å². The van der Waals surface area contributed by atoms with Crippen molar-refractivity contribution in [2.45, 2.75) is 65.5 Å². The molecule has 1 aromatic heterocycles. The highest BCUT2D eigenvalue weighted by atomic mass is 32.1. The molecule has 146 valence electrons. The lowest BCUT2D eigenvalue weighted by Gasteiger charge is -2.41. The monoisotopic (exact) mass is 382 g/mol. The largest absolute Gasteiger partial charge is 0.475 e. The molecule has 1 aromatic rings. The van der Waals surface area contributed by atoms with Crippen LogP contribution in [0.25, 0.3) is 5.57 Å². The molecule has 1 aliphatic rings. The third kappa shape index (κ3) is 5.51. The third-order valence-corrected chi connectivity index (χ3v) is 5.54. The molecule has 0 saturated carbocycles. The molecule has 0 aromatic carbocycles. The van der Waals surface area contributed by atoms with Crippen LogP contribution in [0.4, 0.5) is 0 Å². The summed E-state index contributed by atoms with van der Waals surface area (Å²) in [5.74, 6) is 0.490. The first-order valence-electron chi connectivity index (χ1n) is 9.68. The Morgan fingerprint density at radius 3 is 2.85 bits per heavy atom. The fourth-order valence-corrected chi connectivity index (χ4v) is 3.65. The number of unbranched alkanes of at least 4 members (excludes halogenated alkanes) is 3. The van der Waals surface area contributed by atoms with Crippen molar-refractivity contribution in [2.24, 2.45) is 0 Å². The van der Waals surface area contributed by atoms with E-state index in [1.165, 1.54) is 31.0 Å². The zero-order valence-corrected chi connectivity index (χ0v) is 17.3. The van der Waals surface area contributed by atoms with Crippen LogP contribution in [0.3, 0.4) is 0 Å². The van der Waals surface area contributed by atoms with Gasteiger partial charge in [-0.2, -0.15) is 4.37 Å². The summed E-state index contributed by atoms with van der Waals surface area (Å²) in [5.41, 5.74) is 1.99. The van der Waals surface area contributed by atoms with Gasteiger partial charge < -0.3 is 9.47 Å². The van der Waals surface area contributed by atoms with Gasteiger partial charge in [0.1, 0.15) is 12.2 Å². The van der Waals surface area contributed by atoms with Crippen LogP contribution in [0.5, 0.6) is 5.88 Å². The van der Waals surface area contributed by atoms with Crippen molar-refractivity contribution in [1.29, 1.82) is 0 Å². The Kier molecular flexibility index (Phi) is 8.03. The third-order valence-electron chi connectivity index (χ3n) is 5.03. The van der Waals surface area contributed by atoms with Crippen molar-refractivity contribution in [1.82, 2.24) is 8.75 Å². The molecule has 2 rings (SSSR count). The number of likely N-dealkylation sites (N-methyl/N-ethyl adjacent to an activating group) is 1. The summed E-state index contributed by atoms with van der Waals surface area (Å²) in [6.45, 7) is 8.38. The maximum Gasteiger partial charge on any atom is 0.309 e. The van der Waals surface area contributed by atoms with Crippen LogP contribution in [0.15, 0.2) is 6.08 Å². The quantitative estimate of drug-likeness (QED) is 0.347. The van der Waals surface area contributed by atoms with Crippen molar-refractivity contribution in [3.8, 4) is 5.88 Å². The van der Waals surface area contributed by atoms with E-state index in [9.17, 15) is 4.79 Å². The second kappa shape index (κ2) is 10.0. The predicted octanol–water partition coefficient (Wildman–Crippen LogP) is 4.03. The van der Waals surface area contributed by atoms with E-state index in [2.05, 4.69) is 28.8 Å². The summed E-state index contributed by atoms with van der Waals surface area (Å²) in [6.07, 6.45) is 8.04. The number of hydrogen-bond donors (Lipinski definition) is 0. The van der Waals surface area contributed by atoms with Gasteiger partial charge in [-0.05, 0) is 6.42 Å². The first-order chi connectivity index (χ1) is 12.5. The van der Waals surface area contributed by atoms with E-state index in [1.807, 2.05) is 13.8 Å². The van der Waals surface area contributed by atoms with E-state index >= 15 is 0 Å². The number of aromatic nitrogens is 2. The molecular formula is C19H32N3O3S+. The smallest absolute Gasteiger partial charge is 0.309 e. The number of esters is 1. The average Bonchev–Trinajstić information content (AvgIpc) is 3.10. The van der Waals surface area contributed by atoms with E-state index in [-0.39, 0.29) is 12.2 Å². The van der Waals surface area contributed by atoms with Crippen molar-refractivity contribution in [3.63, 3.8) is 0 Å². The Morgan fingerprint density at radius 1 is 1.31 bits per heavy atom. The summed E-state index contributed by atoms with van der Waals surface area (Å²) in [7, 11) is 2.13. The molecule has 2 heterocycles. The van der Waals surface area contributed by atoms with Crippen LogP contribution in [0, 0.1) is 0 Å². The molecule has 0 N–H and O–H groups in total. The fraction of sp³-hybridized carbons (Fsp3) is 0.737. The average molecular weight is 383 g/mol. The number of rotatable bonds is 10. The van der Waals surface area contributed by atoms with Crippen molar-refractivity contribution < 1.29 is 18.8 Å². The molecule has 2 atom stereocenters. The first kappa shape index (κ1) is 20.8. The highest BCUT2D eigenvalue weighted by Gasteiger charge is 2.36. The van der Waals surface area contributed by atoms with E-state index < -0.39 is 0 Å². The Morgan fingerprint density at radius 2 is 2.12 bits per heavy atom. The Labute approximate surface area is 161 Å². The second-order valence-electron chi connectivity index (χ2n) is 7.15. The highest BCUT2D eigenvalue weighted by molar-refractivity contribution is 6.99. The number of quaternary nitrogens is 1. The summed E-state index contributed by atoms with van der Waals surface area (Å²) < 4.78 is 20.9. The minimum Gasteiger partial charge on any atom is -0.475 e. The zero-order valence-electron chi connectivity index (χ0n) is 16.5. The van der Waals surface area contributed by atoms with Gasteiger partial charge in [0.05, 0.1) is 31.9 Å². The van der Waals surface area contributed by atoms with Gasteiger partial charge >= 0.3 is 5.97 Å². The molecule has 0 spiro atoms. The van der Waals surface area contributed by atoms with Crippen LogP contribution >= 0.6 is 11.7 Å². The van der Waals surface area contributed by atoms with Crippen LogP contribution in [-0.4, -0.2) is 52.2 Å². The molecule has 1 unspecified atom stereocenters. The Bertz CT molecular complexity index is 617. The number of carbonyl (C=O) groups excluding carboxylic acids is 1. The van der Waals surface area contributed by atoms with Gasteiger partial charge in [0.25, 0.3) is 5.88 Å². The molecule has 7 heteroatoms. The second-order valence-corrected chi connectivity index (χ2v) is 7.68. The van der Waals surface area contributed by atoms with E-state index in [1.54, 1.807) is 0 Å². The molecule has 0 bridgehead atoms. The molecule has 0 radical (unpaired) electrons. The number of ether oxygens (including phenoxy) is 2. The van der Waals surface area contributed by atoms with E-state index in [0.717, 1.165) is 37.2 Å². The minimum absolute atomic E-state index is 0.153. The lowest BCUT2D eigenvalue weighted by Crippen LogP contribution is -2.55. The number of carbonyl (C=O) groups is 1. The minimum atomic E-state index is -0.184. The molecule has 26 heavy (non-hydrogen) atoms. The lowest BCUT2D eigenvalue weighted by atomic mass is 10.0. The van der Waals surface area contributed by atoms with Gasteiger partial charge in [0, 0.05) is 25.3 Å². The molecule has 0 amide bonds. The van der Waals surface area contributed by atoms with Crippen molar-refractivity contribution in [2.75, 3.05) is 26.7 Å². The van der Waals surface area contributed by atoms with Crippen LogP contribution in [-0.2, 0) is 9.53 Å². The SMILES string of the molecule is CCCCCCOc1nsnc1C1=CCC[N+](C)([C@H](C)OC(=O)CC)C1. The highest BCUT2D eigenvalue weighted by Crippen LogP contribution is 2.31. The van der Waals surface area contributed by atoms with Crippen molar-refractivity contribution >= 4 is 23.3 Å². The summed E-state index contributed by atoms with van der Waals surface area (Å²) in [6, 6.07) is 0. The maximum absolute atomic E-state index is 11.7. The maximum atomic E-state index is 11.7. The summed E-state index contributed by atoms with van der Waals surface area (Å²) in [4.78, 5) is 11.7. The molecular weight excluding hydrogens is 350 g/mol. The van der Waals surface area contributed by atoms with Gasteiger partial charge in [0.15, 0.2) is 0 Å². The molecule has 6 nitrogen and oxygen atoms in total. The van der Waals surface area contributed by atoms with E-state index in [0.29, 0.717) is 23.4 Å². The van der Waals surface area contributed by atoms with Gasteiger partial charge in [-0.25, -0.2) is 0 Å². The van der Waals surface area contributed by atoms with Crippen LogP contribution < -0.4 is 4.74 Å². The number of nitrogens with zero attached hydrogens (tertiary/aromatic N) is 3. The van der Waals surface area contributed by atoms with Gasteiger partial charge in [0.2, 0.25) is 6.23 Å². The van der Waals surface area contributed by atoms with Gasteiger partial charge in [-0.1, -0.05) is 39.2 Å². The Balaban J connectivity index is 2.00. The van der Waals surface area contributed by atoms with E-state index in [4.69, 9.17) is 9.47 Å². The standard InChI is InChI=1S/C19H32N3O3S/c1-5-7-8-9-13-24-19-18(20-26-21-19)16-11-10-12-22(4,14-16)15(3)25-17(23)6-2/h11,15H,5-10,12-14H2,1-4H3/q+1/t15-,22?/m0/s1. The summed E-state index contributed by atoms with van der Waals surface area (Å²) in [5, 5.41) is 0. The molecule has 1 aliphatic heterocycles. The lowest BCUT2D eigenvalue weighted by molar-refractivity contribution is -0.944. The summed E-state index contributed by atoms with van der Waals surface area (Å²) >= 11 is 1.19. The molecule has 0 saturated heterocycles. The van der Waals surface area contributed by atoms with Crippen LogP contribution in [0.2, 0.25) is 0 Å². The number of hydrogen-bond acceptors (Lipinski definition) is 6. The topological polar surface area (TPSA) is 61.3 Å². The van der Waals surface area contributed by atoms with Gasteiger partial charge in [-0.15, -0.1) is 4.37 Å². The van der Waals surface area contributed by atoms with Crippen LogP contribution in [0.1, 0.15) is 65.0 Å². The Hall–Kier alpha value is -1.47. The molecule has 0 aliphatic carbocycles. The fourth-order valence-electron chi connectivity index (χ4n) is 3.12. The first-order valence-corrected chi connectivity index (χ1v) is 10.4. The predicted molar refractivity (Wildman–Crippen MR) is 104 cm³/mol.